The molecule has 0 aliphatic carbocycles. The van der Waals surface area contributed by atoms with Gasteiger partial charge in [-0.05, 0) is 0 Å². The van der Waals surface area contributed by atoms with Crippen LogP contribution in [0.2, 0.25) is 0 Å². The largest absolute Gasteiger partial charge is 0.277 e. The van der Waals surface area contributed by atoms with E-state index in [1.54, 1.807) is 0 Å². The number of thioether (sulfide) groups is 2. The first-order valence-electron chi connectivity index (χ1n) is 3.84. The summed E-state index contributed by atoms with van der Waals surface area (Å²) in [4.78, 5) is 15.6. The van der Waals surface area contributed by atoms with E-state index >= 15 is 0 Å². The third kappa shape index (κ3) is 3.69. The summed E-state index contributed by atoms with van der Waals surface area (Å²) in [7, 11) is 1.46. The van der Waals surface area contributed by atoms with Gasteiger partial charge in [0.25, 0.3) is 0 Å². The fraction of sp³-hybridized carbons (Fsp3) is 0.857. The Bertz CT molecular complexity index is 148. The topological polar surface area (TPSA) is 38.3 Å². The first-order valence-corrected chi connectivity index (χ1v) is 6.04. The van der Waals surface area contributed by atoms with Crippen molar-refractivity contribution in [2.75, 3.05) is 24.4 Å². The number of hydroxylamine groups is 1. The van der Waals surface area contributed by atoms with Gasteiger partial charge in [0.2, 0.25) is 5.91 Å². The van der Waals surface area contributed by atoms with Gasteiger partial charge in [0.15, 0.2) is 0 Å². The number of hydrogen-bond acceptors (Lipinski definition) is 4. The quantitative estimate of drug-likeness (QED) is 0.698. The van der Waals surface area contributed by atoms with E-state index in [-0.39, 0.29) is 5.91 Å². The molecule has 0 bridgehead atoms. The van der Waals surface area contributed by atoms with E-state index in [2.05, 4.69) is 10.3 Å². The maximum Gasteiger partial charge on any atom is 0.244 e. The van der Waals surface area contributed by atoms with Crippen LogP contribution in [0.4, 0.5) is 0 Å². The van der Waals surface area contributed by atoms with Crippen LogP contribution in [0, 0.1) is 0 Å². The zero-order valence-corrected chi connectivity index (χ0v) is 8.67. The van der Waals surface area contributed by atoms with Gasteiger partial charge >= 0.3 is 0 Å². The van der Waals surface area contributed by atoms with E-state index < -0.39 is 0 Å². The Morgan fingerprint density at radius 1 is 1.67 bits per heavy atom. The standard InChI is InChI=1S/C7H13NO2S2/c1-10-8-7(9)4-6-5-11-2-3-12-6/h6H,2-5H2,1H3,(H,8,9). The molecule has 0 radical (unpaired) electrons. The lowest BCUT2D eigenvalue weighted by Gasteiger charge is -2.19. The highest BCUT2D eigenvalue weighted by Gasteiger charge is 2.17. The van der Waals surface area contributed by atoms with Gasteiger partial charge in [0.05, 0.1) is 7.11 Å². The predicted octanol–water partition coefficient (Wildman–Crippen LogP) is 0.903. The summed E-state index contributed by atoms with van der Waals surface area (Å²) in [6.07, 6.45) is 0.575. The van der Waals surface area contributed by atoms with Crippen LogP contribution < -0.4 is 5.48 Å². The Morgan fingerprint density at radius 2 is 2.50 bits per heavy atom. The van der Waals surface area contributed by atoms with E-state index in [1.165, 1.54) is 12.9 Å². The zero-order valence-electron chi connectivity index (χ0n) is 7.04. The number of rotatable bonds is 3. The molecule has 1 N–H and O–H groups in total. The van der Waals surface area contributed by atoms with Crippen LogP contribution >= 0.6 is 23.5 Å². The molecule has 5 heteroatoms. The lowest BCUT2D eigenvalue weighted by Crippen LogP contribution is -2.27. The van der Waals surface area contributed by atoms with Crippen LogP contribution in [0.1, 0.15) is 6.42 Å². The van der Waals surface area contributed by atoms with Gasteiger partial charge in [-0.3, -0.25) is 9.63 Å². The van der Waals surface area contributed by atoms with E-state index in [9.17, 15) is 4.79 Å². The van der Waals surface area contributed by atoms with E-state index in [1.807, 2.05) is 23.5 Å². The zero-order chi connectivity index (χ0) is 8.81. The molecular formula is C7H13NO2S2. The smallest absolute Gasteiger partial charge is 0.244 e. The van der Waals surface area contributed by atoms with Crippen LogP contribution in [0.5, 0.6) is 0 Å². The molecule has 1 amide bonds. The van der Waals surface area contributed by atoms with Gasteiger partial charge in [-0.1, -0.05) is 0 Å². The average Bonchev–Trinajstić information content (AvgIpc) is 2.06. The summed E-state index contributed by atoms with van der Waals surface area (Å²) in [5.41, 5.74) is 2.33. The third-order valence-electron chi connectivity index (χ3n) is 1.51. The van der Waals surface area contributed by atoms with E-state index in [0.717, 1.165) is 11.5 Å². The van der Waals surface area contributed by atoms with Gasteiger partial charge in [0.1, 0.15) is 0 Å². The summed E-state index contributed by atoms with van der Waals surface area (Å²) in [5.74, 6) is 3.45. The molecule has 12 heavy (non-hydrogen) atoms. The maximum atomic E-state index is 11.1. The van der Waals surface area contributed by atoms with Crippen molar-refractivity contribution in [1.82, 2.24) is 5.48 Å². The first kappa shape index (κ1) is 10.2. The van der Waals surface area contributed by atoms with Crippen molar-refractivity contribution in [2.24, 2.45) is 0 Å². The summed E-state index contributed by atoms with van der Waals surface area (Å²) in [5, 5.41) is 0.471. The molecule has 1 aliphatic heterocycles. The molecule has 70 valence electrons. The molecule has 3 nitrogen and oxygen atoms in total. The number of nitrogens with one attached hydrogen (secondary N) is 1. The normalized spacial score (nSPS) is 23.6. The Kier molecular flexibility index (Phi) is 4.87. The minimum Gasteiger partial charge on any atom is -0.277 e. The second kappa shape index (κ2) is 5.72. The SMILES string of the molecule is CONC(=O)CC1CSCCS1. The second-order valence-electron chi connectivity index (χ2n) is 2.50. The maximum absolute atomic E-state index is 11.1. The van der Waals surface area contributed by atoms with Crippen molar-refractivity contribution in [2.45, 2.75) is 11.7 Å². The molecule has 0 aromatic carbocycles. The van der Waals surface area contributed by atoms with Crippen molar-refractivity contribution >= 4 is 29.4 Å². The number of carbonyl (C=O) groups excluding carboxylic acids is 1. The lowest BCUT2D eigenvalue weighted by molar-refractivity contribution is -0.131. The Morgan fingerprint density at radius 3 is 3.08 bits per heavy atom. The van der Waals surface area contributed by atoms with Gasteiger partial charge in [-0.2, -0.15) is 23.5 Å². The highest BCUT2D eigenvalue weighted by atomic mass is 32.2. The van der Waals surface area contributed by atoms with Crippen molar-refractivity contribution < 1.29 is 9.63 Å². The Balaban J connectivity index is 2.15. The number of carbonyl (C=O) groups is 1. The van der Waals surface area contributed by atoms with Gasteiger partial charge in [0, 0.05) is 28.9 Å². The Labute approximate surface area is 80.9 Å². The molecule has 0 aromatic rings. The van der Waals surface area contributed by atoms with Crippen molar-refractivity contribution in [3.63, 3.8) is 0 Å². The minimum absolute atomic E-state index is 0.0162. The third-order valence-corrected chi connectivity index (χ3v) is 4.36. The molecule has 1 atom stereocenters. The van der Waals surface area contributed by atoms with Gasteiger partial charge < -0.3 is 0 Å². The van der Waals surface area contributed by atoms with Gasteiger partial charge in [-0.25, -0.2) is 5.48 Å². The van der Waals surface area contributed by atoms with Crippen LogP contribution in [0.25, 0.3) is 0 Å². The van der Waals surface area contributed by atoms with Crippen LogP contribution in [0.3, 0.4) is 0 Å². The first-order chi connectivity index (χ1) is 5.83. The molecule has 0 saturated carbocycles. The molecule has 1 fully saturated rings. The molecule has 0 spiro atoms. The molecule has 1 heterocycles. The summed E-state index contributed by atoms with van der Waals surface area (Å²) < 4.78 is 0. The summed E-state index contributed by atoms with van der Waals surface area (Å²) >= 11 is 3.80. The predicted molar refractivity (Wildman–Crippen MR) is 53.3 cm³/mol. The summed E-state index contributed by atoms with van der Waals surface area (Å²) in [6.45, 7) is 0. The van der Waals surface area contributed by atoms with E-state index in [4.69, 9.17) is 0 Å². The fourth-order valence-electron chi connectivity index (χ4n) is 1.02. The van der Waals surface area contributed by atoms with Crippen molar-refractivity contribution in [1.29, 1.82) is 0 Å². The molecule has 0 aromatic heterocycles. The van der Waals surface area contributed by atoms with Crippen molar-refractivity contribution in [3.8, 4) is 0 Å². The molecule has 1 unspecified atom stereocenters. The molecule has 1 aliphatic rings. The second-order valence-corrected chi connectivity index (χ2v) is 5.06. The number of amides is 1. The minimum atomic E-state index is -0.0162. The average molecular weight is 207 g/mol. The monoisotopic (exact) mass is 207 g/mol. The van der Waals surface area contributed by atoms with Crippen LogP contribution in [-0.4, -0.2) is 35.5 Å². The molecule has 1 saturated heterocycles. The fourth-order valence-corrected chi connectivity index (χ4v) is 3.70. The summed E-state index contributed by atoms with van der Waals surface area (Å²) in [6, 6.07) is 0. The Hall–Kier alpha value is 0.130. The highest BCUT2D eigenvalue weighted by molar-refractivity contribution is 8.06. The highest BCUT2D eigenvalue weighted by Crippen LogP contribution is 2.25. The lowest BCUT2D eigenvalue weighted by atomic mass is 10.3. The molecule has 1 rings (SSSR count). The molecular weight excluding hydrogens is 194 g/mol. The van der Waals surface area contributed by atoms with Crippen LogP contribution in [0.15, 0.2) is 0 Å². The van der Waals surface area contributed by atoms with Crippen molar-refractivity contribution in [3.05, 3.63) is 0 Å². The van der Waals surface area contributed by atoms with Gasteiger partial charge in [-0.15, -0.1) is 0 Å². The number of hydrogen-bond donors (Lipinski definition) is 1. The van der Waals surface area contributed by atoms with E-state index in [0.29, 0.717) is 11.7 Å². The van der Waals surface area contributed by atoms with Crippen LogP contribution in [-0.2, 0) is 9.63 Å².